The minimum absolute atomic E-state index is 0.242. The summed E-state index contributed by atoms with van der Waals surface area (Å²) in [7, 11) is -3.46. The van der Waals surface area contributed by atoms with Gasteiger partial charge < -0.3 is 10.6 Å². The predicted molar refractivity (Wildman–Crippen MR) is 107 cm³/mol. The largest absolute Gasteiger partial charge is 0.369 e. The van der Waals surface area contributed by atoms with E-state index in [1.54, 1.807) is 36.7 Å². The molecule has 0 amide bonds. The summed E-state index contributed by atoms with van der Waals surface area (Å²) in [5.41, 5.74) is 1.09. The molecule has 0 aliphatic carbocycles. The fourth-order valence-electron chi connectivity index (χ4n) is 2.32. The maximum Gasteiger partial charge on any atom is 0.250 e. The Labute approximate surface area is 162 Å². The van der Waals surface area contributed by atoms with Crippen molar-refractivity contribution in [1.29, 1.82) is 0 Å². The predicted octanol–water partition coefficient (Wildman–Crippen LogP) is 2.68. The van der Waals surface area contributed by atoms with Gasteiger partial charge in [-0.05, 0) is 43.0 Å². The third kappa shape index (κ3) is 5.46. The number of thiophene rings is 1. The summed E-state index contributed by atoms with van der Waals surface area (Å²) in [5.74, 6) is 2.51. The molecule has 0 spiro atoms. The van der Waals surface area contributed by atoms with Crippen molar-refractivity contribution >= 4 is 38.8 Å². The SMILES string of the molecule is Cc1ccnc(Nc2cc(NCCNS(=O)(=O)c3cccs3)nc(C)n2)c1. The van der Waals surface area contributed by atoms with Gasteiger partial charge in [-0.3, -0.25) is 0 Å². The number of pyridine rings is 1. The Bertz CT molecular complexity index is 1010. The fourth-order valence-corrected chi connectivity index (χ4v) is 4.39. The van der Waals surface area contributed by atoms with Crippen molar-refractivity contribution in [1.82, 2.24) is 19.7 Å². The lowest BCUT2D eigenvalue weighted by Crippen LogP contribution is -2.28. The molecule has 142 valence electrons. The van der Waals surface area contributed by atoms with Gasteiger partial charge in [-0.1, -0.05) is 6.07 Å². The maximum atomic E-state index is 12.1. The molecular formula is C17H20N6O2S2. The zero-order chi connectivity index (χ0) is 19.3. The lowest BCUT2D eigenvalue weighted by atomic mass is 10.3. The van der Waals surface area contributed by atoms with Gasteiger partial charge in [0.1, 0.15) is 27.5 Å². The van der Waals surface area contributed by atoms with Crippen molar-refractivity contribution in [2.24, 2.45) is 0 Å². The maximum absolute atomic E-state index is 12.1. The number of nitrogens with one attached hydrogen (secondary N) is 3. The van der Waals surface area contributed by atoms with Gasteiger partial charge >= 0.3 is 0 Å². The quantitative estimate of drug-likeness (QED) is 0.495. The monoisotopic (exact) mass is 404 g/mol. The first-order valence-electron chi connectivity index (χ1n) is 8.25. The Balaban J connectivity index is 1.58. The summed E-state index contributed by atoms with van der Waals surface area (Å²) in [6.45, 7) is 4.41. The summed E-state index contributed by atoms with van der Waals surface area (Å²) in [6, 6.07) is 8.87. The van der Waals surface area contributed by atoms with Gasteiger partial charge in [0, 0.05) is 25.4 Å². The molecule has 3 rings (SSSR count). The molecule has 0 bridgehead atoms. The van der Waals surface area contributed by atoms with Crippen molar-refractivity contribution < 1.29 is 8.42 Å². The van der Waals surface area contributed by atoms with E-state index in [9.17, 15) is 8.42 Å². The van der Waals surface area contributed by atoms with Crippen LogP contribution in [0, 0.1) is 13.8 Å². The number of anilines is 3. The van der Waals surface area contributed by atoms with Crippen LogP contribution in [0.25, 0.3) is 0 Å². The molecular weight excluding hydrogens is 384 g/mol. The summed E-state index contributed by atoms with van der Waals surface area (Å²) in [4.78, 5) is 12.9. The van der Waals surface area contributed by atoms with E-state index in [-0.39, 0.29) is 6.54 Å². The van der Waals surface area contributed by atoms with Crippen molar-refractivity contribution in [2.45, 2.75) is 18.1 Å². The van der Waals surface area contributed by atoms with Gasteiger partial charge in [0.15, 0.2) is 0 Å². The highest BCUT2D eigenvalue weighted by Gasteiger charge is 2.13. The van der Waals surface area contributed by atoms with Gasteiger partial charge in [-0.2, -0.15) is 0 Å². The topological polar surface area (TPSA) is 109 Å². The van der Waals surface area contributed by atoms with E-state index in [2.05, 4.69) is 30.3 Å². The van der Waals surface area contributed by atoms with Crippen LogP contribution in [0.4, 0.5) is 17.5 Å². The van der Waals surface area contributed by atoms with Crippen LogP contribution in [0.3, 0.4) is 0 Å². The average molecular weight is 405 g/mol. The molecule has 10 heteroatoms. The van der Waals surface area contributed by atoms with Crippen molar-refractivity contribution in [3.8, 4) is 0 Å². The zero-order valence-electron chi connectivity index (χ0n) is 14.9. The Kier molecular flexibility index (Phi) is 5.99. The lowest BCUT2D eigenvalue weighted by molar-refractivity contribution is 0.585. The molecule has 0 radical (unpaired) electrons. The zero-order valence-corrected chi connectivity index (χ0v) is 16.6. The van der Waals surface area contributed by atoms with Crippen LogP contribution < -0.4 is 15.4 Å². The van der Waals surface area contributed by atoms with E-state index in [0.29, 0.717) is 34.0 Å². The number of nitrogens with zero attached hydrogens (tertiary/aromatic N) is 3. The van der Waals surface area contributed by atoms with Gasteiger partial charge in [0.2, 0.25) is 10.0 Å². The summed E-state index contributed by atoms with van der Waals surface area (Å²) in [5, 5.41) is 7.98. The average Bonchev–Trinajstić information content (AvgIpc) is 3.14. The van der Waals surface area contributed by atoms with Gasteiger partial charge in [-0.25, -0.2) is 28.1 Å². The van der Waals surface area contributed by atoms with Crippen LogP contribution >= 0.6 is 11.3 Å². The Hall–Kier alpha value is -2.56. The highest BCUT2D eigenvalue weighted by atomic mass is 32.2. The molecule has 27 heavy (non-hydrogen) atoms. The van der Waals surface area contributed by atoms with Gasteiger partial charge in [0.25, 0.3) is 0 Å². The molecule has 3 aromatic rings. The van der Waals surface area contributed by atoms with E-state index in [1.807, 2.05) is 19.1 Å². The molecule has 0 aliphatic rings. The third-order valence-corrected chi connectivity index (χ3v) is 6.35. The van der Waals surface area contributed by atoms with E-state index in [1.165, 1.54) is 11.3 Å². The Morgan fingerprint density at radius 2 is 1.85 bits per heavy atom. The molecule has 8 nitrogen and oxygen atoms in total. The normalized spacial score (nSPS) is 11.3. The number of aryl methyl sites for hydroxylation is 2. The van der Waals surface area contributed by atoms with Crippen LogP contribution in [0.15, 0.2) is 46.1 Å². The first-order valence-corrected chi connectivity index (χ1v) is 10.6. The second-order valence-electron chi connectivity index (χ2n) is 5.79. The number of aromatic nitrogens is 3. The lowest BCUT2D eigenvalue weighted by Gasteiger charge is -2.10. The molecule has 0 aromatic carbocycles. The number of hydrogen-bond acceptors (Lipinski definition) is 8. The van der Waals surface area contributed by atoms with E-state index >= 15 is 0 Å². The fraction of sp³-hybridized carbons (Fsp3) is 0.235. The second kappa shape index (κ2) is 8.42. The molecule has 0 saturated carbocycles. The van der Waals surface area contributed by atoms with Crippen LogP contribution in [-0.2, 0) is 10.0 Å². The minimum Gasteiger partial charge on any atom is -0.369 e. The van der Waals surface area contributed by atoms with Crippen molar-refractivity contribution in [2.75, 3.05) is 23.7 Å². The smallest absolute Gasteiger partial charge is 0.250 e. The first kappa shape index (κ1) is 19.2. The highest BCUT2D eigenvalue weighted by molar-refractivity contribution is 7.91. The van der Waals surface area contributed by atoms with Crippen molar-refractivity contribution in [3.63, 3.8) is 0 Å². The Morgan fingerprint density at radius 3 is 2.59 bits per heavy atom. The van der Waals surface area contributed by atoms with Gasteiger partial charge in [0.05, 0.1) is 0 Å². The Morgan fingerprint density at radius 1 is 1.04 bits per heavy atom. The molecule has 0 unspecified atom stereocenters. The van der Waals surface area contributed by atoms with Crippen LogP contribution in [0.2, 0.25) is 0 Å². The van der Waals surface area contributed by atoms with E-state index < -0.39 is 10.0 Å². The molecule has 3 N–H and O–H groups in total. The second-order valence-corrected chi connectivity index (χ2v) is 8.73. The van der Waals surface area contributed by atoms with Crippen LogP contribution in [-0.4, -0.2) is 36.5 Å². The van der Waals surface area contributed by atoms with Gasteiger partial charge in [-0.15, -0.1) is 11.3 Å². The van der Waals surface area contributed by atoms with Crippen LogP contribution in [0.5, 0.6) is 0 Å². The number of hydrogen-bond donors (Lipinski definition) is 3. The third-order valence-electron chi connectivity index (χ3n) is 3.49. The standard InChI is InChI=1S/C17H20N6O2S2/c1-12-5-6-18-14(10-12)23-16-11-15(21-13(2)22-16)19-7-8-20-27(24,25)17-4-3-9-26-17/h3-6,9-11,20H,7-8H2,1-2H3,(H2,18,19,21,22,23). The molecule has 3 heterocycles. The molecule has 0 atom stereocenters. The van der Waals surface area contributed by atoms with Crippen LogP contribution in [0.1, 0.15) is 11.4 Å². The molecule has 0 fully saturated rings. The van der Waals surface area contributed by atoms with E-state index in [0.717, 1.165) is 5.56 Å². The minimum atomic E-state index is -3.46. The molecule has 0 aliphatic heterocycles. The van der Waals surface area contributed by atoms with Crippen molar-refractivity contribution in [3.05, 3.63) is 53.3 Å². The molecule has 0 saturated heterocycles. The highest BCUT2D eigenvalue weighted by Crippen LogP contribution is 2.17. The summed E-state index contributed by atoms with van der Waals surface area (Å²) < 4.78 is 27.0. The molecule has 3 aromatic heterocycles. The summed E-state index contributed by atoms with van der Waals surface area (Å²) in [6.07, 6.45) is 1.73. The number of rotatable bonds is 8. The summed E-state index contributed by atoms with van der Waals surface area (Å²) >= 11 is 1.18. The van der Waals surface area contributed by atoms with E-state index in [4.69, 9.17) is 0 Å². The first-order chi connectivity index (χ1) is 12.9. The number of sulfonamides is 1.